The van der Waals surface area contributed by atoms with Gasteiger partial charge in [0.05, 0.1) is 6.30 Å². The van der Waals surface area contributed by atoms with Crippen molar-refractivity contribution in [1.82, 2.24) is 9.97 Å². The summed E-state index contributed by atoms with van der Waals surface area (Å²) in [5.74, 6) is 0. The van der Waals surface area contributed by atoms with Crippen molar-refractivity contribution in [3.63, 3.8) is 0 Å². The quantitative estimate of drug-likeness (QED) is 0.712. The van der Waals surface area contributed by atoms with Crippen molar-refractivity contribution < 1.29 is 1.37 Å². The Balaban J connectivity index is 2.66. The molecule has 0 spiro atoms. The number of aromatic nitrogens is 2. The Morgan fingerprint density at radius 3 is 2.79 bits per heavy atom. The Morgan fingerprint density at radius 1 is 1.37 bits per heavy atom. The van der Waals surface area contributed by atoms with Crippen LogP contribution in [-0.2, 0) is 6.42 Å². The first kappa shape index (κ1) is 14.6. The zero-order chi connectivity index (χ0) is 15.0. The van der Waals surface area contributed by atoms with Gasteiger partial charge in [0.1, 0.15) is 6.39 Å². The maximum Gasteiger partial charge on any atom is 0.169 e. The van der Waals surface area contributed by atoms with Crippen LogP contribution in [0.4, 0.5) is 0 Å². The highest BCUT2D eigenvalue weighted by Gasteiger charge is 2.04. The molecule has 0 saturated carbocycles. The van der Waals surface area contributed by atoms with Crippen molar-refractivity contribution in [3.05, 3.63) is 22.5 Å². The predicted octanol–water partition coefficient (Wildman–Crippen LogP) is 4.28. The van der Waals surface area contributed by atoms with E-state index in [9.17, 15) is 0 Å². The molecular weight excluding hydrogens is 258 g/mol. The Hall–Kier alpha value is -0.830. The van der Waals surface area contributed by atoms with Gasteiger partial charge in [-0.05, 0) is 19.8 Å². The largest absolute Gasteiger partial charge is 0.348 e. The lowest BCUT2D eigenvalue weighted by atomic mass is 10.1. The monoisotopic (exact) mass is 284 g/mol. The van der Waals surface area contributed by atoms with E-state index < -0.39 is 0 Å². The highest BCUT2D eigenvalue weighted by molar-refractivity contribution is 6.30. The van der Waals surface area contributed by atoms with Crippen molar-refractivity contribution in [3.8, 4) is 0 Å². The van der Waals surface area contributed by atoms with Gasteiger partial charge in [-0.25, -0.2) is 4.98 Å². The number of nitrogens with one attached hydrogen (secondary N) is 1. The van der Waals surface area contributed by atoms with Gasteiger partial charge >= 0.3 is 0 Å². The van der Waals surface area contributed by atoms with Gasteiger partial charge < -0.3 is 4.98 Å². The molecule has 0 fully saturated rings. The van der Waals surface area contributed by atoms with Crippen LogP contribution in [0.3, 0.4) is 0 Å². The van der Waals surface area contributed by atoms with Crippen molar-refractivity contribution in [2.24, 2.45) is 4.99 Å². The minimum absolute atomic E-state index is 0.125. The van der Waals surface area contributed by atoms with Crippen LogP contribution in [0.15, 0.2) is 11.3 Å². The van der Waals surface area contributed by atoms with Gasteiger partial charge in [-0.3, -0.25) is 4.99 Å². The van der Waals surface area contributed by atoms with Gasteiger partial charge in [-0.1, -0.05) is 57.6 Å². The Morgan fingerprint density at radius 2 is 2.11 bits per heavy atom. The fourth-order valence-corrected chi connectivity index (χ4v) is 2.30. The summed E-state index contributed by atoms with van der Waals surface area (Å²) in [4.78, 5) is 11.5. The zero-order valence-corrected chi connectivity index (χ0v) is 13.1. The van der Waals surface area contributed by atoms with Gasteiger partial charge in [0.2, 0.25) is 0 Å². The fourth-order valence-electron chi connectivity index (χ4n) is 2.03. The summed E-state index contributed by atoms with van der Waals surface area (Å²) < 4.78 is 7.65. The van der Waals surface area contributed by atoms with E-state index in [1.807, 2.05) is 6.92 Å². The summed E-state index contributed by atoms with van der Waals surface area (Å²) >= 11 is 6.26. The van der Waals surface area contributed by atoms with Gasteiger partial charge in [0.25, 0.3) is 0 Å². The Bertz CT molecular complexity index is 471. The van der Waals surface area contributed by atoms with Crippen LogP contribution in [-0.4, -0.2) is 16.0 Å². The third-order valence-electron chi connectivity index (χ3n) is 3.25. The van der Waals surface area contributed by atoms with E-state index >= 15 is 0 Å². The van der Waals surface area contributed by atoms with E-state index in [2.05, 4.69) is 28.8 Å². The second-order valence-corrected chi connectivity index (χ2v) is 5.38. The van der Waals surface area contributed by atoms with Crippen LogP contribution in [0.2, 0.25) is 5.02 Å². The number of nitrogens with zero attached hydrogens (tertiary/aromatic N) is 2. The van der Waals surface area contributed by atoms with Gasteiger partial charge in [-0.15, -0.1) is 0 Å². The van der Waals surface area contributed by atoms with Crippen LogP contribution in [0, 0.1) is 0 Å². The number of hydrogen-bond acceptors (Lipinski definition) is 2. The van der Waals surface area contributed by atoms with Crippen molar-refractivity contribution in [1.29, 1.82) is 0 Å². The predicted molar refractivity (Wildman–Crippen MR) is 81.4 cm³/mol. The lowest BCUT2D eigenvalue weighted by Gasteiger charge is -2.06. The third kappa shape index (κ3) is 5.77. The molecule has 0 radical (unpaired) electrons. The maximum absolute atomic E-state index is 7.65. The first-order valence-electron chi connectivity index (χ1n) is 7.87. The summed E-state index contributed by atoms with van der Waals surface area (Å²) in [5, 5.41) is 0.557. The number of rotatable bonds is 8. The molecule has 0 bridgehead atoms. The maximum atomic E-state index is 7.65. The molecule has 1 aromatic heterocycles. The SMILES string of the molecule is [2H]c1nc(=NC(C)CCCCCCC)c(Cl)c(CC)[nH]1. The minimum Gasteiger partial charge on any atom is -0.348 e. The van der Waals surface area contributed by atoms with Gasteiger partial charge in [0.15, 0.2) is 5.49 Å². The van der Waals surface area contributed by atoms with Crippen molar-refractivity contribution >= 4 is 11.6 Å². The average Bonchev–Trinajstić information content (AvgIpc) is 2.42. The van der Waals surface area contributed by atoms with Crippen molar-refractivity contribution in [2.45, 2.75) is 71.8 Å². The summed E-state index contributed by atoms with van der Waals surface area (Å²) in [7, 11) is 0. The number of halogens is 1. The molecule has 1 aromatic rings. The molecule has 0 aliphatic heterocycles. The second-order valence-electron chi connectivity index (χ2n) is 5.00. The molecule has 4 heteroatoms. The smallest absolute Gasteiger partial charge is 0.169 e. The molecule has 0 saturated heterocycles. The summed E-state index contributed by atoms with van der Waals surface area (Å²) in [6, 6.07) is 0.202. The number of unbranched alkanes of at least 4 members (excludes halogenated alkanes) is 4. The molecule has 1 atom stereocenters. The Labute approximate surface area is 122 Å². The normalized spacial score (nSPS) is 14.5. The third-order valence-corrected chi connectivity index (χ3v) is 3.65. The lowest BCUT2D eigenvalue weighted by molar-refractivity contribution is 0.556. The van der Waals surface area contributed by atoms with Crippen LogP contribution < -0.4 is 5.49 Å². The van der Waals surface area contributed by atoms with E-state index in [-0.39, 0.29) is 12.3 Å². The minimum atomic E-state index is 0.125. The van der Waals surface area contributed by atoms with Crippen LogP contribution in [0.5, 0.6) is 0 Å². The summed E-state index contributed by atoms with van der Waals surface area (Å²) in [6.07, 6.45) is 8.27. The fraction of sp³-hybridized carbons (Fsp3) is 0.733. The molecule has 1 heterocycles. The van der Waals surface area contributed by atoms with Gasteiger partial charge in [-0.2, -0.15) is 0 Å². The second kappa shape index (κ2) is 9.13. The molecule has 0 aliphatic carbocycles. The highest BCUT2D eigenvalue weighted by Crippen LogP contribution is 2.10. The van der Waals surface area contributed by atoms with Gasteiger partial charge in [0, 0.05) is 11.7 Å². The molecule has 108 valence electrons. The van der Waals surface area contributed by atoms with Crippen LogP contribution in [0.1, 0.15) is 66.4 Å². The number of aromatic amines is 1. The Kier molecular flexibility index (Phi) is 7.01. The molecule has 0 aromatic carbocycles. The average molecular weight is 285 g/mol. The molecule has 0 aliphatic rings. The lowest BCUT2D eigenvalue weighted by Crippen LogP contribution is -2.16. The topological polar surface area (TPSA) is 41.0 Å². The van der Waals surface area contributed by atoms with Crippen LogP contribution in [0.25, 0.3) is 0 Å². The van der Waals surface area contributed by atoms with Crippen molar-refractivity contribution in [2.75, 3.05) is 0 Å². The first-order valence-corrected chi connectivity index (χ1v) is 7.75. The number of hydrogen-bond donors (Lipinski definition) is 1. The molecule has 1 unspecified atom stereocenters. The zero-order valence-electron chi connectivity index (χ0n) is 13.3. The summed E-state index contributed by atoms with van der Waals surface area (Å²) in [6.45, 7) is 6.31. The summed E-state index contributed by atoms with van der Waals surface area (Å²) in [5.41, 5.74) is 1.34. The number of aryl methyl sites for hydroxylation is 1. The highest BCUT2D eigenvalue weighted by atomic mass is 35.5. The van der Waals surface area contributed by atoms with E-state index in [0.717, 1.165) is 18.5 Å². The van der Waals surface area contributed by atoms with E-state index in [1.165, 1.54) is 32.1 Å². The van der Waals surface area contributed by atoms with E-state index in [4.69, 9.17) is 13.0 Å². The standard InChI is InChI=1S/C15H26ClN3/c1-4-6-7-8-9-10-12(3)19-15-14(16)13(5-2)17-11-18-15/h11-12H,4-10H2,1-3H3,(H,17,18,19)/i11D. The van der Waals surface area contributed by atoms with E-state index in [0.29, 0.717) is 10.5 Å². The molecule has 19 heavy (non-hydrogen) atoms. The molecule has 1 rings (SSSR count). The van der Waals surface area contributed by atoms with E-state index in [1.54, 1.807) is 0 Å². The molecular formula is C15H26ClN3. The molecule has 1 N–H and O–H groups in total. The number of H-pyrrole nitrogens is 1. The molecule has 0 amide bonds. The van der Waals surface area contributed by atoms with Crippen LogP contribution >= 0.6 is 11.6 Å². The first-order chi connectivity index (χ1) is 9.58. The molecule has 3 nitrogen and oxygen atoms in total.